The third kappa shape index (κ3) is 5.26. The summed E-state index contributed by atoms with van der Waals surface area (Å²) >= 11 is 0. The van der Waals surface area contributed by atoms with Gasteiger partial charge in [0.25, 0.3) is 0 Å². The molecule has 106 valence electrons. The lowest BCUT2D eigenvalue weighted by Crippen LogP contribution is -1.95. The summed E-state index contributed by atoms with van der Waals surface area (Å²) in [4.78, 5) is 20.3. The van der Waals surface area contributed by atoms with Crippen molar-refractivity contribution < 1.29 is 28.6 Å². The van der Waals surface area contributed by atoms with Crippen molar-refractivity contribution in [1.82, 2.24) is 0 Å². The first-order chi connectivity index (χ1) is 9.50. The van der Waals surface area contributed by atoms with Gasteiger partial charge in [-0.15, -0.1) is 0 Å². The quantitative estimate of drug-likeness (QED) is 0.815. The first kappa shape index (κ1) is 15.3. The fourth-order valence-corrected chi connectivity index (χ4v) is 1.24. The Bertz CT molecular complexity index is 551. The number of aryl methyl sites for hydroxylation is 1. The molecule has 2 aromatic rings. The van der Waals surface area contributed by atoms with Crippen molar-refractivity contribution in [2.45, 2.75) is 12.8 Å². The van der Waals surface area contributed by atoms with Crippen molar-refractivity contribution in [3.8, 4) is 0 Å². The second kappa shape index (κ2) is 7.63. The molecule has 0 saturated carbocycles. The molecular formula is C14H14O6. The van der Waals surface area contributed by atoms with Crippen molar-refractivity contribution in [3.63, 3.8) is 0 Å². The van der Waals surface area contributed by atoms with E-state index in [0.29, 0.717) is 12.2 Å². The van der Waals surface area contributed by atoms with Crippen LogP contribution in [-0.2, 0) is 16.0 Å². The minimum Gasteiger partial charge on any atom is -0.481 e. The maximum Gasteiger partial charge on any atom is 0.338 e. The topological polar surface area (TPSA) is 101 Å². The molecule has 0 aromatic carbocycles. The van der Waals surface area contributed by atoms with E-state index in [1.807, 2.05) is 0 Å². The highest BCUT2D eigenvalue weighted by Crippen LogP contribution is 2.11. The van der Waals surface area contributed by atoms with Crippen LogP contribution in [0.15, 0.2) is 52.2 Å². The molecule has 2 N–H and O–H groups in total. The minimum absolute atomic E-state index is 0.0231. The van der Waals surface area contributed by atoms with Gasteiger partial charge in [-0.2, -0.15) is 0 Å². The molecule has 6 nitrogen and oxygen atoms in total. The van der Waals surface area contributed by atoms with Gasteiger partial charge in [0, 0.05) is 6.42 Å². The Morgan fingerprint density at radius 1 is 1.10 bits per heavy atom. The van der Waals surface area contributed by atoms with Crippen LogP contribution in [0.2, 0.25) is 0 Å². The predicted molar refractivity (Wildman–Crippen MR) is 70.0 cm³/mol. The van der Waals surface area contributed by atoms with E-state index in [2.05, 4.69) is 6.58 Å². The van der Waals surface area contributed by atoms with E-state index in [9.17, 15) is 9.59 Å². The second-order valence-corrected chi connectivity index (χ2v) is 3.73. The third-order valence-electron chi connectivity index (χ3n) is 2.24. The highest BCUT2D eigenvalue weighted by Gasteiger charge is 2.08. The van der Waals surface area contributed by atoms with Crippen molar-refractivity contribution in [2.24, 2.45) is 0 Å². The van der Waals surface area contributed by atoms with Crippen LogP contribution < -0.4 is 0 Å². The average molecular weight is 278 g/mol. The van der Waals surface area contributed by atoms with Gasteiger partial charge in [-0.25, -0.2) is 4.79 Å². The largest absolute Gasteiger partial charge is 0.481 e. The lowest BCUT2D eigenvalue weighted by atomic mass is 10.2. The van der Waals surface area contributed by atoms with E-state index in [4.69, 9.17) is 19.0 Å². The van der Waals surface area contributed by atoms with Crippen LogP contribution in [0.25, 0.3) is 5.57 Å². The van der Waals surface area contributed by atoms with E-state index in [0.717, 1.165) is 5.76 Å². The Kier molecular flexibility index (Phi) is 5.83. The van der Waals surface area contributed by atoms with E-state index < -0.39 is 11.9 Å². The predicted octanol–water partition coefficient (Wildman–Crippen LogP) is 2.67. The molecule has 20 heavy (non-hydrogen) atoms. The van der Waals surface area contributed by atoms with Gasteiger partial charge < -0.3 is 19.0 Å². The van der Waals surface area contributed by atoms with Gasteiger partial charge in [-0.05, 0) is 24.3 Å². The number of carbonyl (C=O) groups is 2. The molecule has 0 unspecified atom stereocenters. The molecule has 2 aromatic heterocycles. The Morgan fingerprint density at radius 3 is 2.20 bits per heavy atom. The SMILES string of the molecule is C=C(C(=O)O)c1ccco1.O=C(O)CCc1ccco1. The number of carboxylic acids is 2. The number of furan rings is 2. The van der Waals surface area contributed by atoms with Crippen LogP contribution in [0.4, 0.5) is 0 Å². The normalized spacial score (nSPS) is 9.40. The summed E-state index contributed by atoms with van der Waals surface area (Å²) in [5.74, 6) is -0.832. The Labute approximate surface area is 114 Å². The van der Waals surface area contributed by atoms with Gasteiger partial charge in [0.15, 0.2) is 0 Å². The monoisotopic (exact) mass is 278 g/mol. The number of hydrogen-bond donors (Lipinski definition) is 2. The molecule has 0 atom stereocenters. The Hall–Kier alpha value is -2.76. The Morgan fingerprint density at radius 2 is 1.75 bits per heavy atom. The fraction of sp³-hybridized carbons (Fsp3) is 0.143. The number of rotatable bonds is 5. The molecule has 2 rings (SSSR count). The summed E-state index contributed by atoms with van der Waals surface area (Å²) in [6, 6.07) is 6.68. The van der Waals surface area contributed by atoms with Crippen molar-refractivity contribution in [2.75, 3.05) is 0 Å². The van der Waals surface area contributed by atoms with Gasteiger partial charge in [0.2, 0.25) is 0 Å². The first-order valence-electron chi connectivity index (χ1n) is 5.71. The molecule has 0 spiro atoms. The highest BCUT2D eigenvalue weighted by atomic mass is 16.4. The minimum atomic E-state index is -1.06. The molecule has 0 aliphatic carbocycles. The summed E-state index contributed by atoms with van der Waals surface area (Å²) in [6.07, 6.45) is 3.55. The first-order valence-corrected chi connectivity index (χ1v) is 5.71. The van der Waals surface area contributed by atoms with Crippen LogP contribution >= 0.6 is 0 Å². The molecule has 0 aliphatic heterocycles. The van der Waals surface area contributed by atoms with Crippen LogP contribution in [0.5, 0.6) is 0 Å². The maximum atomic E-state index is 10.2. The molecule has 0 radical (unpaired) electrons. The third-order valence-corrected chi connectivity index (χ3v) is 2.24. The van der Waals surface area contributed by atoms with Crippen LogP contribution in [0, 0.1) is 0 Å². The smallest absolute Gasteiger partial charge is 0.338 e. The van der Waals surface area contributed by atoms with E-state index >= 15 is 0 Å². The standard InChI is InChI=1S/C7H6O3.C7H8O3/c1-5(7(8)9)6-3-2-4-10-6;8-7(9)4-3-6-2-1-5-10-6/h2-4H,1H2,(H,8,9);1-2,5H,3-4H2,(H,8,9). The van der Waals surface area contributed by atoms with Gasteiger partial charge >= 0.3 is 11.9 Å². The molecular weight excluding hydrogens is 264 g/mol. The molecule has 0 amide bonds. The lowest BCUT2D eigenvalue weighted by Gasteiger charge is -1.91. The average Bonchev–Trinajstić information content (AvgIpc) is 3.09. The second-order valence-electron chi connectivity index (χ2n) is 3.73. The summed E-state index contributed by atoms with van der Waals surface area (Å²) in [6.45, 7) is 3.30. The molecule has 6 heteroatoms. The van der Waals surface area contributed by atoms with Gasteiger partial charge in [0.05, 0.1) is 24.5 Å². The maximum absolute atomic E-state index is 10.2. The molecule has 0 fully saturated rings. The van der Waals surface area contributed by atoms with Crippen LogP contribution in [0.1, 0.15) is 17.9 Å². The molecule has 0 saturated heterocycles. The van der Waals surface area contributed by atoms with Gasteiger partial charge in [0.1, 0.15) is 11.5 Å². The van der Waals surface area contributed by atoms with Crippen LogP contribution in [-0.4, -0.2) is 22.2 Å². The van der Waals surface area contributed by atoms with E-state index in [1.165, 1.54) is 12.5 Å². The Balaban J connectivity index is 0.000000200. The molecule has 0 bridgehead atoms. The number of hydrogen-bond acceptors (Lipinski definition) is 4. The summed E-state index contributed by atoms with van der Waals surface area (Å²) in [7, 11) is 0. The molecule has 0 aliphatic rings. The zero-order chi connectivity index (χ0) is 15.0. The zero-order valence-electron chi connectivity index (χ0n) is 10.6. The fourth-order valence-electron chi connectivity index (χ4n) is 1.24. The lowest BCUT2D eigenvalue weighted by molar-refractivity contribution is -0.137. The van der Waals surface area contributed by atoms with E-state index in [-0.39, 0.29) is 12.0 Å². The van der Waals surface area contributed by atoms with Crippen molar-refractivity contribution in [3.05, 3.63) is 54.9 Å². The summed E-state index contributed by atoms with van der Waals surface area (Å²) in [5.41, 5.74) is -0.0231. The summed E-state index contributed by atoms with van der Waals surface area (Å²) in [5, 5.41) is 16.7. The van der Waals surface area contributed by atoms with Crippen molar-refractivity contribution in [1.29, 1.82) is 0 Å². The summed E-state index contributed by atoms with van der Waals surface area (Å²) < 4.78 is 9.70. The van der Waals surface area contributed by atoms with Gasteiger partial charge in [-0.1, -0.05) is 6.58 Å². The van der Waals surface area contributed by atoms with Crippen molar-refractivity contribution >= 4 is 17.5 Å². The zero-order valence-corrected chi connectivity index (χ0v) is 10.6. The van der Waals surface area contributed by atoms with Gasteiger partial charge in [-0.3, -0.25) is 4.79 Å². The van der Waals surface area contributed by atoms with E-state index in [1.54, 1.807) is 24.3 Å². The number of carboxylic acid groups (broad SMARTS) is 2. The number of aliphatic carboxylic acids is 2. The van der Waals surface area contributed by atoms with Crippen LogP contribution in [0.3, 0.4) is 0 Å². The highest BCUT2D eigenvalue weighted by molar-refractivity contribution is 6.13. The molecule has 2 heterocycles.